The van der Waals surface area contributed by atoms with Crippen molar-refractivity contribution in [2.75, 3.05) is 24.6 Å². The van der Waals surface area contributed by atoms with Crippen LogP contribution in [0.3, 0.4) is 0 Å². The fourth-order valence-corrected chi connectivity index (χ4v) is 2.80. The van der Waals surface area contributed by atoms with E-state index in [0.29, 0.717) is 12.6 Å². The molecular formula is C15H26N4O. The molecule has 2 rings (SSSR count). The molecule has 1 aromatic heterocycles. The third kappa shape index (κ3) is 4.15. The summed E-state index contributed by atoms with van der Waals surface area (Å²) in [4.78, 5) is 11.2. The highest BCUT2D eigenvalue weighted by molar-refractivity contribution is 5.32. The van der Waals surface area contributed by atoms with Crippen LogP contribution in [-0.4, -0.2) is 40.8 Å². The van der Waals surface area contributed by atoms with Gasteiger partial charge in [-0.05, 0) is 19.4 Å². The lowest BCUT2D eigenvalue weighted by Crippen LogP contribution is -2.40. The molecule has 0 atom stereocenters. The van der Waals surface area contributed by atoms with Crippen molar-refractivity contribution >= 4 is 5.95 Å². The highest BCUT2D eigenvalue weighted by atomic mass is 16.3. The molecule has 0 bridgehead atoms. The average Bonchev–Trinajstić information content (AvgIpc) is 2.52. The van der Waals surface area contributed by atoms with E-state index < -0.39 is 0 Å². The van der Waals surface area contributed by atoms with Crippen molar-refractivity contribution in [3.8, 4) is 0 Å². The fourth-order valence-electron chi connectivity index (χ4n) is 2.80. The Morgan fingerprint density at radius 3 is 2.55 bits per heavy atom. The Morgan fingerprint density at radius 2 is 1.95 bits per heavy atom. The van der Waals surface area contributed by atoms with Crippen molar-refractivity contribution in [2.24, 2.45) is 0 Å². The summed E-state index contributed by atoms with van der Waals surface area (Å²) in [7, 11) is 0. The standard InChI is InChI=1S/C15H26N4O/c1-2-16-10-13-11-17-15(18-12-13)19(8-9-20)14-6-4-3-5-7-14/h11-12,14,16,20H,2-10H2,1H3. The smallest absolute Gasteiger partial charge is 0.225 e. The van der Waals surface area contributed by atoms with Crippen molar-refractivity contribution < 1.29 is 5.11 Å². The first-order valence-electron chi connectivity index (χ1n) is 7.74. The van der Waals surface area contributed by atoms with Gasteiger partial charge in [0.05, 0.1) is 6.61 Å². The second kappa shape index (κ2) is 8.17. The monoisotopic (exact) mass is 278 g/mol. The number of nitrogens with zero attached hydrogens (tertiary/aromatic N) is 3. The maximum atomic E-state index is 9.29. The van der Waals surface area contributed by atoms with E-state index in [9.17, 15) is 5.11 Å². The molecule has 0 aromatic carbocycles. The minimum absolute atomic E-state index is 0.152. The van der Waals surface area contributed by atoms with Gasteiger partial charge in [-0.15, -0.1) is 0 Å². The number of hydrogen-bond acceptors (Lipinski definition) is 5. The van der Waals surface area contributed by atoms with Crippen LogP contribution in [0.5, 0.6) is 0 Å². The van der Waals surface area contributed by atoms with E-state index in [1.807, 2.05) is 12.4 Å². The molecule has 1 saturated carbocycles. The Bertz CT molecular complexity index is 376. The van der Waals surface area contributed by atoms with Gasteiger partial charge in [0.1, 0.15) is 0 Å². The van der Waals surface area contributed by atoms with Crippen LogP contribution < -0.4 is 10.2 Å². The Labute approximate surface area is 121 Å². The molecule has 112 valence electrons. The molecule has 0 saturated heterocycles. The van der Waals surface area contributed by atoms with Gasteiger partial charge in [0.25, 0.3) is 0 Å². The second-order valence-corrected chi connectivity index (χ2v) is 5.38. The molecule has 2 N–H and O–H groups in total. The highest BCUT2D eigenvalue weighted by Crippen LogP contribution is 2.24. The molecule has 20 heavy (non-hydrogen) atoms. The summed E-state index contributed by atoms with van der Waals surface area (Å²) in [6.07, 6.45) is 10.0. The fraction of sp³-hybridized carbons (Fsp3) is 0.733. The maximum absolute atomic E-state index is 9.29. The molecule has 1 heterocycles. The zero-order valence-corrected chi connectivity index (χ0v) is 12.4. The largest absolute Gasteiger partial charge is 0.395 e. The lowest BCUT2D eigenvalue weighted by atomic mass is 9.94. The molecule has 5 nitrogen and oxygen atoms in total. The van der Waals surface area contributed by atoms with Crippen molar-refractivity contribution in [1.29, 1.82) is 0 Å². The van der Waals surface area contributed by atoms with E-state index >= 15 is 0 Å². The van der Waals surface area contributed by atoms with Crippen LogP contribution in [0, 0.1) is 0 Å². The molecule has 5 heteroatoms. The highest BCUT2D eigenvalue weighted by Gasteiger charge is 2.22. The van der Waals surface area contributed by atoms with Gasteiger partial charge in [0, 0.05) is 37.1 Å². The first kappa shape index (κ1) is 15.2. The average molecular weight is 278 g/mol. The molecule has 1 fully saturated rings. The molecule has 0 amide bonds. The summed E-state index contributed by atoms with van der Waals surface area (Å²) in [5.74, 6) is 0.756. The van der Waals surface area contributed by atoms with E-state index in [0.717, 1.165) is 24.6 Å². The van der Waals surface area contributed by atoms with Gasteiger partial charge in [-0.3, -0.25) is 0 Å². The Hall–Kier alpha value is -1.20. The van der Waals surface area contributed by atoms with E-state index in [1.54, 1.807) is 0 Å². The van der Waals surface area contributed by atoms with E-state index in [-0.39, 0.29) is 6.61 Å². The quantitative estimate of drug-likeness (QED) is 0.795. The number of aliphatic hydroxyl groups is 1. The zero-order valence-electron chi connectivity index (χ0n) is 12.4. The summed E-state index contributed by atoms with van der Waals surface area (Å²) in [5, 5.41) is 12.6. The van der Waals surface area contributed by atoms with Crippen molar-refractivity contribution in [3.63, 3.8) is 0 Å². The number of nitrogens with one attached hydrogen (secondary N) is 1. The van der Waals surface area contributed by atoms with Gasteiger partial charge < -0.3 is 15.3 Å². The van der Waals surface area contributed by atoms with Crippen molar-refractivity contribution in [2.45, 2.75) is 51.6 Å². The van der Waals surface area contributed by atoms with Crippen LogP contribution in [0.15, 0.2) is 12.4 Å². The van der Waals surface area contributed by atoms with Crippen molar-refractivity contribution in [1.82, 2.24) is 15.3 Å². The lowest BCUT2D eigenvalue weighted by molar-refractivity contribution is 0.288. The third-order valence-corrected chi connectivity index (χ3v) is 3.88. The normalized spacial score (nSPS) is 16.3. The third-order valence-electron chi connectivity index (χ3n) is 3.88. The van der Waals surface area contributed by atoms with Crippen LogP contribution >= 0.6 is 0 Å². The van der Waals surface area contributed by atoms with Crippen LogP contribution in [-0.2, 0) is 6.54 Å². The van der Waals surface area contributed by atoms with Crippen molar-refractivity contribution in [3.05, 3.63) is 18.0 Å². The molecule has 1 aliphatic rings. The summed E-state index contributed by atoms with van der Waals surface area (Å²) in [6, 6.07) is 0.482. The van der Waals surface area contributed by atoms with Crippen LogP contribution in [0.4, 0.5) is 5.95 Å². The Morgan fingerprint density at radius 1 is 1.25 bits per heavy atom. The Kier molecular flexibility index (Phi) is 6.21. The van der Waals surface area contributed by atoms with Gasteiger partial charge >= 0.3 is 0 Å². The van der Waals surface area contributed by atoms with Crippen LogP contribution in [0.25, 0.3) is 0 Å². The summed E-state index contributed by atoms with van der Waals surface area (Å²) in [6.45, 7) is 4.61. The topological polar surface area (TPSA) is 61.3 Å². The van der Waals surface area contributed by atoms with Crippen LogP contribution in [0.2, 0.25) is 0 Å². The number of rotatable bonds is 7. The molecule has 0 aliphatic heterocycles. The minimum atomic E-state index is 0.152. The number of aromatic nitrogens is 2. The van der Waals surface area contributed by atoms with Gasteiger partial charge in [0.15, 0.2) is 0 Å². The SMILES string of the molecule is CCNCc1cnc(N(CCO)C2CCCCC2)nc1. The number of anilines is 1. The molecule has 0 unspecified atom stereocenters. The zero-order chi connectivity index (χ0) is 14.2. The summed E-state index contributed by atoms with van der Waals surface area (Å²) >= 11 is 0. The van der Waals surface area contributed by atoms with Gasteiger partial charge in [-0.1, -0.05) is 26.2 Å². The minimum Gasteiger partial charge on any atom is -0.395 e. The Balaban J connectivity index is 2.04. The second-order valence-electron chi connectivity index (χ2n) is 5.38. The van der Waals surface area contributed by atoms with E-state index in [2.05, 4.69) is 27.1 Å². The molecule has 1 aliphatic carbocycles. The molecule has 0 radical (unpaired) electrons. The summed E-state index contributed by atoms with van der Waals surface area (Å²) < 4.78 is 0. The predicted octanol–water partition coefficient (Wildman–Crippen LogP) is 1.72. The molecule has 0 spiro atoms. The maximum Gasteiger partial charge on any atom is 0.225 e. The molecular weight excluding hydrogens is 252 g/mol. The first-order valence-corrected chi connectivity index (χ1v) is 7.74. The molecule has 1 aromatic rings. The van der Waals surface area contributed by atoms with Gasteiger partial charge in [-0.2, -0.15) is 0 Å². The van der Waals surface area contributed by atoms with E-state index in [1.165, 1.54) is 32.1 Å². The number of hydrogen-bond donors (Lipinski definition) is 2. The number of aliphatic hydroxyl groups excluding tert-OH is 1. The van der Waals surface area contributed by atoms with E-state index in [4.69, 9.17) is 0 Å². The van der Waals surface area contributed by atoms with Crippen LogP contribution in [0.1, 0.15) is 44.6 Å². The van der Waals surface area contributed by atoms with Gasteiger partial charge in [-0.25, -0.2) is 9.97 Å². The predicted molar refractivity (Wildman–Crippen MR) is 80.7 cm³/mol. The lowest BCUT2D eigenvalue weighted by Gasteiger charge is -2.34. The first-order chi connectivity index (χ1) is 9.85. The van der Waals surface area contributed by atoms with Gasteiger partial charge in [0.2, 0.25) is 5.95 Å². The summed E-state index contributed by atoms with van der Waals surface area (Å²) in [5.41, 5.74) is 1.10.